The van der Waals surface area contributed by atoms with Gasteiger partial charge in [0.15, 0.2) is 0 Å². The first-order valence-corrected chi connectivity index (χ1v) is 13.4. The fourth-order valence-corrected chi connectivity index (χ4v) is 4.56. The van der Waals surface area contributed by atoms with Crippen molar-refractivity contribution in [1.82, 2.24) is 0 Å². The molecule has 1 aromatic heterocycles. The van der Waals surface area contributed by atoms with Crippen LogP contribution in [-0.2, 0) is 31.5 Å². The number of benzene rings is 3. The molecule has 0 saturated carbocycles. The molecule has 0 amide bonds. The Hall–Kier alpha value is -3.70. The van der Waals surface area contributed by atoms with Crippen LogP contribution in [0.4, 0.5) is 30.7 Å². The van der Waals surface area contributed by atoms with Crippen molar-refractivity contribution >= 4 is 41.9 Å². The van der Waals surface area contributed by atoms with E-state index >= 15 is 0 Å². The van der Waals surface area contributed by atoms with Crippen LogP contribution in [0.1, 0.15) is 0 Å². The van der Waals surface area contributed by atoms with Gasteiger partial charge in [-0.2, -0.15) is 47.7 Å². The molecule has 0 fully saturated rings. The normalized spacial score (nSPS) is 13.3. The number of fused-ring (bicyclic) bond motifs is 4. The second kappa shape index (κ2) is 9.74. The van der Waals surface area contributed by atoms with Gasteiger partial charge in [-0.1, -0.05) is 12.1 Å². The maximum absolute atomic E-state index is 14.0. The zero-order valence-corrected chi connectivity index (χ0v) is 21.6. The average Bonchev–Trinajstić information content (AvgIpc) is 2.85. The van der Waals surface area contributed by atoms with E-state index < -0.39 is 42.8 Å². The quantitative estimate of drug-likeness (QED) is 0.0878. The number of aromatic nitrogens is 1. The molecule has 8 nitrogen and oxygen atoms in total. The molecule has 0 spiro atoms. The molecule has 214 valence electrons. The number of hydrogen-bond donors (Lipinski definition) is 0. The standard InChI is InChI=1S/C21H12F4NO4S.C2H3F3O3S/c1-26-16-10-12(30-31(27,28)21(23,24)25)6-7-13(16)14-3-2-4-18-19(14)20(26)15-9-11(22)5-8-17(15)29-18;1-8-9(6,7)2(3,4)5/h2-10H,1H3;1H3/q+1;. The maximum atomic E-state index is 14.0. The number of aryl methyl sites for hydroxylation is 1. The lowest BCUT2D eigenvalue weighted by molar-refractivity contribution is -0.632. The number of nitrogens with zero attached hydrogens (tertiary/aromatic N) is 1. The fraction of sp³-hybridized carbons (Fsp3) is 0.174. The number of ether oxygens (including phenoxy) is 1. The fourth-order valence-electron chi connectivity index (χ4n) is 3.92. The summed E-state index contributed by atoms with van der Waals surface area (Å²) in [6, 6.07) is 13.2. The minimum Gasteiger partial charge on any atom is -0.456 e. The summed E-state index contributed by atoms with van der Waals surface area (Å²) in [7, 11) is -9.06. The first-order valence-electron chi connectivity index (χ1n) is 10.6. The van der Waals surface area contributed by atoms with Gasteiger partial charge in [-0.3, -0.25) is 4.18 Å². The molecule has 0 radical (unpaired) electrons. The van der Waals surface area contributed by atoms with E-state index in [0.717, 1.165) is 6.07 Å². The highest BCUT2D eigenvalue weighted by molar-refractivity contribution is 7.88. The summed E-state index contributed by atoms with van der Waals surface area (Å²) >= 11 is 0. The van der Waals surface area contributed by atoms with E-state index in [0.29, 0.717) is 51.5 Å². The Bertz CT molecular complexity index is 1870. The Morgan fingerprint density at radius 2 is 1.45 bits per heavy atom. The van der Waals surface area contributed by atoms with E-state index in [9.17, 15) is 47.6 Å². The molecule has 0 atom stereocenters. The van der Waals surface area contributed by atoms with E-state index in [1.54, 1.807) is 29.8 Å². The molecule has 0 saturated heterocycles. The number of hydrogen-bond acceptors (Lipinski definition) is 7. The van der Waals surface area contributed by atoms with E-state index in [4.69, 9.17) is 4.74 Å². The van der Waals surface area contributed by atoms with Crippen LogP contribution in [0.25, 0.3) is 32.9 Å². The molecular formula is C23H15F7NO7S2+. The van der Waals surface area contributed by atoms with E-state index in [1.165, 1.54) is 30.3 Å². The third kappa shape index (κ3) is 5.11. The molecule has 0 unspecified atom stereocenters. The minimum absolute atomic E-state index is 0.395. The molecule has 17 heteroatoms. The molecule has 4 aromatic rings. The van der Waals surface area contributed by atoms with Gasteiger partial charge >= 0.3 is 31.3 Å². The van der Waals surface area contributed by atoms with Gasteiger partial charge in [0.05, 0.1) is 29.5 Å². The van der Waals surface area contributed by atoms with Crippen LogP contribution in [0.2, 0.25) is 0 Å². The van der Waals surface area contributed by atoms with Gasteiger partial charge in [0.25, 0.3) is 0 Å². The maximum Gasteiger partial charge on any atom is 0.534 e. The summed E-state index contributed by atoms with van der Waals surface area (Å²) in [5.74, 6) is -0.00882. The molecule has 1 aliphatic heterocycles. The monoisotopic (exact) mass is 614 g/mol. The molecule has 2 heterocycles. The Balaban J connectivity index is 0.000000357. The van der Waals surface area contributed by atoms with Crippen LogP contribution < -0.4 is 13.5 Å². The molecule has 3 aromatic carbocycles. The molecule has 0 aliphatic carbocycles. The van der Waals surface area contributed by atoms with Gasteiger partial charge in [0, 0.05) is 5.39 Å². The van der Waals surface area contributed by atoms with Gasteiger partial charge in [0.2, 0.25) is 11.2 Å². The first kappa shape index (κ1) is 29.3. The van der Waals surface area contributed by atoms with Crippen molar-refractivity contribution in [2.75, 3.05) is 7.11 Å². The number of alkyl halides is 6. The van der Waals surface area contributed by atoms with E-state index in [1.807, 2.05) is 0 Å². The second-order valence-corrected chi connectivity index (χ2v) is 11.3. The van der Waals surface area contributed by atoms with Crippen LogP contribution in [-0.4, -0.2) is 35.0 Å². The zero-order valence-electron chi connectivity index (χ0n) is 20.0. The van der Waals surface area contributed by atoms with Crippen molar-refractivity contribution in [3.63, 3.8) is 0 Å². The van der Waals surface area contributed by atoms with Crippen molar-refractivity contribution in [2.24, 2.45) is 7.05 Å². The highest BCUT2D eigenvalue weighted by Gasteiger charge is 2.49. The average molecular weight is 614 g/mol. The van der Waals surface area contributed by atoms with Gasteiger partial charge in [-0.15, -0.1) is 0 Å². The third-order valence-electron chi connectivity index (χ3n) is 5.63. The van der Waals surface area contributed by atoms with E-state index in [2.05, 4.69) is 8.37 Å². The SMILES string of the molecule is COS(=O)(=O)C(F)(F)F.C[n+]1c2c3c(cccc3c3ccc(OS(=O)(=O)C(F)(F)F)cc31)Oc1ccc(F)cc1-2. The highest BCUT2D eigenvalue weighted by atomic mass is 32.2. The third-order valence-corrected chi connectivity index (χ3v) is 7.61. The molecule has 0 bridgehead atoms. The summed E-state index contributed by atoms with van der Waals surface area (Å²) in [6.45, 7) is 0. The van der Waals surface area contributed by atoms with Crippen LogP contribution in [0.15, 0.2) is 54.6 Å². The van der Waals surface area contributed by atoms with Crippen molar-refractivity contribution in [1.29, 1.82) is 0 Å². The van der Waals surface area contributed by atoms with Crippen LogP contribution in [0.3, 0.4) is 0 Å². The van der Waals surface area contributed by atoms with Crippen LogP contribution in [0.5, 0.6) is 17.2 Å². The Labute approximate surface area is 221 Å². The highest BCUT2D eigenvalue weighted by Crippen LogP contribution is 2.46. The molecule has 5 rings (SSSR count). The van der Waals surface area contributed by atoms with Crippen molar-refractivity contribution in [3.05, 3.63) is 60.4 Å². The number of rotatable bonds is 3. The first-order chi connectivity index (χ1) is 18.4. The number of halogens is 7. The Morgan fingerprint density at radius 3 is 2.02 bits per heavy atom. The van der Waals surface area contributed by atoms with Gasteiger partial charge < -0.3 is 8.92 Å². The molecular weight excluding hydrogens is 599 g/mol. The lowest BCUT2D eigenvalue weighted by atomic mass is 9.96. The van der Waals surface area contributed by atoms with Crippen LogP contribution >= 0.6 is 0 Å². The summed E-state index contributed by atoms with van der Waals surface area (Å²) in [5.41, 5.74) is -9.42. The summed E-state index contributed by atoms with van der Waals surface area (Å²) in [4.78, 5) is 0. The topological polar surface area (TPSA) is 99.9 Å². The van der Waals surface area contributed by atoms with E-state index in [-0.39, 0.29) is 0 Å². The predicted octanol–water partition coefficient (Wildman–Crippen LogP) is 5.44. The Kier molecular flexibility index (Phi) is 7.13. The largest absolute Gasteiger partial charge is 0.534 e. The van der Waals surface area contributed by atoms with Crippen LogP contribution in [0, 0.1) is 5.82 Å². The second-order valence-electron chi connectivity index (χ2n) is 8.06. The Morgan fingerprint density at radius 1 is 0.800 bits per heavy atom. The molecule has 40 heavy (non-hydrogen) atoms. The smallest absolute Gasteiger partial charge is 0.456 e. The minimum atomic E-state index is -5.82. The van der Waals surface area contributed by atoms with Gasteiger partial charge in [-0.05, 0) is 36.4 Å². The lowest BCUT2D eigenvalue weighted by Gasteiger charge is -2.20. The van der Waals surface area contributed by atoms with Gasteiger partial charge in [0.1, 0.15) is 30.1 Å². The summed E-state index contributed by atoms with van der Waals surface area (Å²) in [6.07, 6.45) is 0. The molecule has 0 N–H and O–H groups in total. The van der Waals surface area contributed by atoms with Crippen molar-refractivity contribution < 1.29 is 65.2 Å². The van der Waals surface area contributed by atoms with Crippen molar-refractivity contribution in [3.8, 4) is 28.5 Å². The van der Waals surface area contributed by atoms with Crippen molar-refractivity contribution in [2.45, 2.75) is 11.0 Å². The lowest BCUT2D eigenvalue weighted by Crippen LogP contribution is -2.33. The van der Waals surface area contributed by atoms with Gasteiger partial charge in [-0.25, -0.2) is 4.39 Å². The number of pyridine rings is 1. The predicted molar refractivity (Wildman–Crippen MR) is 126 cm³/mol. The molecule has 1 aliphatic rings. The summed E-state index contributed by atoms with van der Waals surface area (Å²) < 4.78 is 143. The summed E-state index contributed by atoms with van der Waals surface area (Å²) in [5, 5.41) is 2.04. The zero-order chi connectivity index (χ0) is 29.8.